The third-order valence-corrected chi connectivity index (χ3v) is 3.34. The first kappa shape index (κ1) is 12.8. The molecule has 4 nitrogen and oxygen atoms in total. The van der Waals surface area contributed by atoms with E-state index in [-0.39, 0.29) is 11.6 Å². The van der Waals surface area contributed by atoms with Crippen LogP contribution >= 0.6 is 0 Å². The van der Waals surface area contributed by atoms with E-state index in [9.17, 15) is 4.79 Å². The molecule has 2 rings (SSSR count). The van der Waals surface area contributed by atoms with Crippen LogP contribution in [-0.4, -0.2) is 49.3 Å². The van der Waals surface area contributed by atoms with Gasteiger partial charge in [0, 0.05) is 19.6 Å². The summed E-state index contributed by atoms with van der Waals surface area (Å²) in [5.74, 6) is -0.0803. The molecule has 2 aliphatic rings. The molecule has 4 heteroatoms. The molecule has 0 aromatic rings. The molecular formula is C13H23NO3. The van der Waals surface area contributed by atoms with E-state index in [0.717, 1.165) is 45.7 Å². The van der Waals surface area contributed by atoms with Gasteiger partial charge in [-0.3, -0.25) is 9.69 Å². The normalized spacial score (nSPS) is 24.4. The number of rotatable bonds is 3. The SMILES string of the molecule is CC(C)(C)C(=O)OC1(CN2CCOCC2)CC1. The van der Waals surface area contributed by atoms with Crippen molar-refractivity contribution in [3.63, 3.8) is 0 Å². The van der Waals surface area contributed by atoms with E-state index >= 15 is 0 Å². The zero-order valence-corrected chi connectivity index (χ0v) is 11.1. The number of carbonyl (C=O) groups is 1. The highest BCUT2D eigenvalue weighted by atomic mass is 16.6. The summed E-state index contributed by atoms with van der Waals surface area (Å²) in [7, 11) is 0. The minimum Gasteiger partial charge on any atom is -0.457 e. The first-order valence-electron chi connectivity index (χ1n) is 6.45. The van der Waals surface area contributed by atoms with Crippen LogP contribution in [-0.2, 0) is 14.3 Å². The average molecular weight is 241 g/mol. The van der Waals surface area contributed by atoms with Crippen LogP contribution in [0, 0.1) is 5.41 Å². The maximum absolute atomic E-state index is 11.9. The highest BCUT2D eigenvalue weighted by molar-refractivity contribution is 5.76. The summed E-state index contributed by atoms with van der Waals surface area (Å²) >= 11 is 0. The highest BCUT2D eigenvalue weighted by Crippen LogP contribution is 2.42. The molecule has 1 aliphatic carbocycles. The minimum atomic E-state index is -0.402. The summed E-state index contributed by atoms with van der Waals surface area (Å²) < 4.78 is 11.0. The number of carbonyl (C=O) groups excluding carboxylic acids is 1. The van der Waals surface area contributed by atoms with E-state index in [0.29, 0.717) is 0 Å². The van der Waals surface area contributed by atoms with Crippen LogP contribution in [0.25, 0.3) is 0 Å². The largest absolute Gasteiger partial charge is 0.457 e. The molecule has 2 fully saturated rings. The highest BCUT2D eigenvalue weighted by Gasteiger charge is 2.49. The monoisotopic (exact) mass is 241 g/mol. The van der Waals surface area contributed by atoms with Gasteiger partial charge in [0.15, 0.2) is 0 Å². The Labute approximate surface area is 103 Å². The number of hydrogen-bond donors (Lipinski definition) is 0. The fraction of sp³-hybridized carbons (Fsp3) is 0.923. The maximum atomic E-state index is 11.9. The molecule has 0 atom stereocenters. The van der Waals surface area contributed by atoms with E-state index in [1.807, 2.05) is 20.8 Å². The molecule has 17 heavy (non-hydrogen) atoms. The summed E-state index contributed by atoms with van der Waals surface area (Å²) in [5.41, 5.74) is -0.595. The average Bonchev–Trinajstić information content (AvgIpc) is 2.98. The second-order valence-electron chi connectivity index (χ2n) is 6.21. The molecule has 98 valence electrons. The van der Waals surface area contributed by atoms with Gasteiger partial charge in [-0.25, -0.2) is 0 Å². The van der Waals surface area contributed by atoms with Gasteiger partial charge >= 0.3 is 5.97 Å². The van der Waals surface area contributed by atoms with Gasteiger partial charge < -0.3 is 9.47 Å². The Hall–Kier alpha value is -0.610. The second kappa shape index (κ2) is 4.58. The van der Waals surface area contributed by atoms with Crippen molar-refractivity contribution in [2.24, 2.45) is 5.41 Å². The quantitative estimate of drug-likeness (QED) is 0.701. The molecule has 1 aliphatic heterocycles. The summed E-state index contributed by atoms with van der Waals surface area (Å²) in [6, 6.07) is 0. The van der Waals surface area contributed by atoms with E-state index in [1.54, 1.807) is 0 Å². The number of nitrogens with zero attached hydrogens (tertiary/aromatic N) is 1. The van der Waals surface area contributed by atoms with Crippen LogP contribution in [0.5, 0.6) is 0 Å². The van der Waals surface area contributed by atoms with Crippen molar-refractivity contribution in [2.75, 3.05) is 32.8 Å². The Balaban J connectivity index is 1.85. The van der Waals surface area contributed by atoms with Gasteiger partial charge in [0.25, 0.3) is 0 Å². The lowest BCUT2D eigenvalue weighted by Crippen LogP contribution is -2.44. The molecule has 0 N–H and O–H groups in total. The van der Waals surface area contributed by atoms with Crippen LogP contribution in [0.4, 0.5) is 0 Å². The minimum absolute atomic E-state index is 0.0803. The van der Waals surface area contributed by atoms with Crippen LogP contribution in [0.1, 0.15) is 33.6 Å². The van der Waals surface area contributed by atoms with Gasteiger partial charge in [0.05, 0.1) is 18.6 Å². The lowest BCUT2D eigenvalue weighted by molar-refractivity contribution is -0.162. The standard InChI is InChI=1S/C13H23NO3/c1-12(2,3)11(15)17-13(4-5-13)10-14-6-8-16-9-7-14/h4-10H2,1-3H3. The van der Waals surface area contributed by atoms with Crippen molar-refractivity contribution in [3.8, 4) is 0 Å². The molecule has 1 saturated carbocycles. The fourth-order valence-electron chi connectivity index (χ4n) is 1.95. The lowest BCUT2D eigenvalue weighted by atomic mass is 9.97. The predicted octanol–water partition coefficient (Wildman–Crippen LogP) is 1.44. The van der Waals surface area contributed by atoms with Crippen LogP contribution in [0.3, 0.4) is 0 Å². The van der Waals surface area contributed by atoms with Crippen LogP contribution in [0.2, 0.25) is 0 Å². The van der Waals surface area contributed by atoms with Crippen molar-refractivity contribution < 1.29 is 14.3 Å². The van der Waals surface area contributed by atoms with Gasteiger partial charge in [-0.05, 0) is 33.6 Å². The van der Waals surface area contributed by atoms with Gasteiger partial charge in [-0.15, -0.1) is 0 Å². The lowest BCUT2D eigenvalue weighted by Gasteiger charge is -2.31. The van der Waals surface area contributed by atoms with E-state index in [1.165, 1.54) is 0 Å². The van der Waals surface area contributed by atoms with Crippen molar-refractivity contribution in [3.05, 3.63) is 0 Å². The first-order chi connectivity index (χ1) is 7.91. The second-order valence-corrected chi connectivity index (χ2v) is 6.21. The van der Waals surface area contributed by atoms with Crippen molar-refractivity contribution >= 4 is 5.97 Å². The Kier molecular flexibility index (Phi) is 3.46. The van der Waals surface area contributed by atoms with Gasteiger partial charge in [-0.1, -0.05) is 0 Å². The molecule has 0 aromatic carbocycles. The summed E-state index contributed by atoms with van der Waals surface area (Å²) in [4.78, 5) is 14.2. The predicted molar refractivity (Wildman–Crippen MR) is 64.8 cm³/mol. The molecule has 0 amide bonds. The molecule has 1 saturated heterocycles. The van der Waals surface area contributed by atoms with E-state index in [2.05, 4.69) is 4.90 Å². The summed E-state index contributed by atoms with van der Waals surface area (Å²) in [6.45, 7) is 10.1. The number of esters is 1. The van der Waals surface area contributed by atoms with Crippen LogP contribution in [0.15, 0.2) is 0 Å². The molecule has 0 radical (unpaired) electrons. The Bertz CT molecular complexity index is 286. The Morgan fingerprint density at radius 2 is 1.88 bits per heavy atom. The zero-order chi connectivity index (χ0) is 12.5. The smallest absolute Gasteiger partial charge is 0.311 e. The molecule has 0 unspecified atom stereocenters. The van der Waals surface area contributed by atoms with Gasteiger partial charge in [-0.2, -0.15) is 0 Å². The topological polar surface area (TPSA) is 38.8 Å². The van der Waals surface area contributed by atoms with Gasteiger partial charge in [0.2, 0.25) is 0 Å². The van der Waals surface area contributed by atoms with Crippen LogP contribution < -0.4 is 0 Å². The van der Waals surface area contributed by atoms with Crippen molar-refractivity contribution in [1.29, 1.82) is 0 Å². The summed E-state index contributed by atoms with van der Waals surface area (Å²) in [5, 5.41) is 0. The summed E-state index contributed by atoms with van der Waals surface area (Å²) in [6.07, 6.45) is 2.01. The third kappa shape index (κ3) is 3.42. The zero-order valence-electron chi connectivity index (χ0n) is 11.1. The molecular weight excluding hydrogens is 218 g/mol. The number of hydrogen-bond acceptors (Lipinski definition) is 4. The Morgan fingerprint density at radius 3 is 2.35 bits per heavy atom. The first-order valence-corrected chi connectivity index (χ1v) is 6.45. The van der Waals surface area contributed by atoms with Crippen molar-refractivity contribution in [2.45, 2.75) is 39.2 Å². The van der Waals surface area contributed by atoms with Gasteiger partial charge in [0.1, 0.15) is 5.60 Å². The molecule has 0 aromatic heterocycles. The number of morpholine rings is 1. The third-order valence-electron chi connectivity index (χ3n) is 3.34. The maximum Gasteiger partial charge on any atom is 0.311 e. The molecule has 0 bridgehead atoms. The fourth-order valence-corrected chi connectivity index (χ4v) is 1.95. The van der Waals surface area contributed by atoms with E-state index < -0.39 is 5.41 Å². The van der Waals surface area contributed by atoms with Crippen molar-refractivity contribution in [1.82, 2.24) is 4.90 Å². The molecule has 0 spiro atoms. The number of ether oxygens (including phenoxy) is 2. The van der Waals surface area contributed by atoms with E-state index in [4.69, 9.17) is 9.47 Å². The Morgan fingerprint density at radius 1 is 1.29 bits per heavy atom. The molecule has 1 heterocycles.